The van der Waals surface area contributed by atoms with E-state index in [1.54, 1.807) is 16.7 Å². The molecule has 2 saturated heterocycles. The lowest BCUT2D eigenvalue weighted by Crippen LogP contribution is -2.40. The van der Waals surface area contributed by atoms with Crippen LogP contribution < -0.4 is 0 Å². The van der Waals surface area contributed by atoms with Crippen molar-refractivity contribution in [2.24, 2.45) is 0 Å². The Bertz CT molecular complexity index is 852. The van der Waals surface area contributed by atoms with Crippen molar-refractivity contribution in [2.45, 2.75) is 25.5 Å². The summed E-state index contributed by atoms with van der Waals surface area (Å²) in [5.74, 6) is 0.290. The van der Waals surface area contributed by atoms with Crippen molar-refractivity contribution in [1.29, 1.82) is 0 Å². The number of halogens is 1. The summed E-state index contributed by atoms with van der Waals surface area (Å²) in [6.07, 6.45) is 1.30. The molecule has 0 spiro atoms. The Morgan fingerprint density at radius 2 is 2.23 bits per heavy atom. The fourth-order valence-electron chi connectivity index (χ4n) is 3.53. The van der Waals surface area contributed by atoms with Gasteiger partial charge in [0.2, 0.25) is 0 Å². The van der Waals surface area contributed by atoms with Crippen molar-refractivity contribution in [3.05, 3.63) is 52.7 Å². The number of carbonyl (C=O) groups is 2. The van der Waals surface area contributed by atoms with Gasteiger partial charge in [0.15, 0.2) is 12.1 Å². The lowest BCUT2D eigenvalue weighted by Gasteiger charge is -2.22. The molecule has 2 fully saturated rings. The third-order valence-corrected chi connectivity index (χ3v) is 5.12. The maximum atomic E-state index is 12.6. The van der Waals surface area contributed by atoms with Crippen LogP contribution in [0.15, 0.2) is 35.1 Å². The van der Waals surface area contributed by atoms with E-state index in [0.717, 1.165) is 5.56 Å². The number of oxazole rings is 1. The Kier molecular flexibility index (Phi) is 4.32. The molecule has 1 aromatic carbocycles. The highest BCUT2D eigenvalue weighted by Crippen LogP contribution is 2.28. The Labute approximate surface area is 155 Å². The van der Waals surface area contributed by atoms with E-state index >= 15 is 0 Å². The molecule has 2 aromatic rings. The van der Waals surface area contributed by atoms with Crippen LogP contribution >= 0.6 is 11.6 Å². The zero-order valence-electron chi connectivity index (χ0n) is 14.2. The maximum absolute atomic E-state index is 12.6. The number of fused-ring (bicyclic) bond motifs is 1. The summed E-state index contributed by atoms with van der Waals surface area (Å²) in [5, 5.41) is 0.671. The molecule has 8 heteroatoms. The van der Waals surface area contributed by atoms with E-state index in [1.807, 2.05) is 24.3 Å². The number of aryl methyl sites for hydroxylation is 1. The van der Waals surface area contributed by atoms with Crippen LogP contribution in [0, 0.1) is 6.92 Å². The van der Waals surface area contributed by atoms with Crippen molar-refractivity contribution in [3.8, 4) is 0 Å². The minimum atomic E-state index is -0.327. The van der Waals surface area contributed by atoms with Crippen LogP contribution in [-0.2, 0) is 11.2 Å². The third kappa shape index (κ3) is 3.03. The molecule has 2 aliphatic rings. The zero-order valence-corrected chi connectivity index (χ0v) is 15.0. The van der Waals surface area contributed by atoms with Gasteiger partial charge in [-0.25, -0.2) is 9.78 Å². The minimum Gasteiger partial charge on any atom is -0.448 e. The molecule has 2 atom stereocenters. The van der Waals surface area contributed by atoms with Crippen molar-refractivity contribution < 1.29 is 18.7 Å². The number of benzene rings is 1. The first-order chi connectivity index (χ1) is 12.5. The van der Waals surface area contributed by atoms with Crippen molar-refractivity contribution in [3.63, 3.8) is 0 Å². The van der Waals surface area contributed by atoms with Crippen molar-refractivity contribution >= 4 is 23.6 Å². The molecule has 0 aliphatic carbocycles. The predicted octanol–water partition coefficient (Wildman–Crippen LogP) is 2.52. The van der Waals surface area contributed by atoms with E-state index < -0.39 is 0 Å². The van der Waals surface area contributed by atoms with Gasteiger partial charge in [0.1, 0.15) is 11.9 Å². The number of likely N-dealkylation sites (tertiary alicyclic amines) is 1. The second-order valence-corrected chi connectivity index (χ2v) is 6.97. The summed E-state index contributed by atoms with van der Waals surface area (Å²) in [6, 6.07) is 7.43. The van der Waals surface area contributed by atoms with Crippen LogP contribution in [0.4, 0.5) is 4.79 Å². The molecule has 26 heavy (non-hydrogen) atoms. The SMILES string of the molecule is Cc1ocnc1C(=O)N1C[C@@H]2OC(=O)N(CCc3cccc(Cl)c3)[C@@H]2C1. The first kappa shape index (κ1) is 16.9. The largest absolute Gasteiger partial charge is 0.448 e. The van der Waals surface area contributed by atoms with Gasteiger partial charge < -0.3 is 14.1 Å². The molecule has 2 aliphatic heterocycles. The van der Waals surface area contributed by atoms with Crippen molar-refractivity contribution in [2.75, 3.05) is 19.6 Å². The van der Waals surface area contributed by atoms with E-state index in [-0.39, 0.29) is 24.1 Å². The molecule has 3 heterocycles. The Balaban J connectivity index is 1.43. The summed E-state index contributed by atoms with van der Waals surface area (Å²) in [4.78, 5) is 32.1. The molecule has 1 aromatic heterocycles. The number of amides is 2. The molecule has 136 valence electrons. The van der Waals surface area contributed by atoms with Crippen LogP contribution in [0.25, 0.3) is 0 Å². The van der Waals surface area contributed by atoms with Crippen LogP contribution in [0.1, 0.15) is 21.8 Å². The fourth-order valence-corrected chi connectivity index (χ4v) is 3.74. The predicted molar refractivity (Wildman–Crippen MR) is 93.1 cm³/mol. The van der Waals surface area contributed by atoms with Crippen LogP contribution in [0.3, 0.4) is 0 Å². The van der Waals surface area contributed by atoms with Gasteiger partial charge in [0.25, 0.3) is 5.91 Å². The van der Waals surface area contributed by atoms with E-state index in [4.69, 9.17) is 20.8 Å². The van der Waals surface area contributed by atoms with E-state index in [1.165, 1.54) is 6.39 Å². The summed E-state index contributed by atoms with van der Waals surface area (Å²) in [7, 11) is 0. The topological polar surface area (TPSA) is 75.9 Å². The lowest BCUT2D eigenvalue weighted by atomic mass is 10.1. The van der Waals surface area contributed by atoms with E-state index in [2.05, 4.69) is 4.98 Å². The van der Waals surface area contributed by atoms with E-state index in [9.17, 15) is 9.59 Å². The van der Waals surface area contributed by atoms with Crippen LogP contribution in [0.5, 0.6) is 0 Å². The number of ether oxygens (including phenoxy) is 1. The average molecular weight is 376 g/mol. The standard InChI is InChI=1S/C18H18ClN3O4/c1-11-16(20-10-25-11)17(23)21-8-14-15(9-21)26-18(24)22(14)6-5-12-3-2-4-13(19)7-12/h2-4,7,10,14-15H,5-6,8-9H2,1H3/t14-,15+/m1/s1. The van der Waals surface area contributed by atoms with E-state index in [0.29, 0.717) is 42.5 Å². The summed E-state index contributed by atoms with van der Waals surface area (Å²) < 4.78 is 10.6. The molecular formula is C18H18ClN3O4. The highest BCUT2D eigenvalue weighted by molar-refractivity contribution is 6.30. The molecular weight excluding hydrogens is 358 g/mol. The normalized spacial score (nSPS) is 21.8. The van der Waals surface area contributed by atoms with Gasteiger partial charge in [-0.15, -0.1) is 0 Å². The molecule has 2 amide bonds. The number of hydrogen-bond donors (Lipinski definition) is 0. The summed E-state index contributed by atoms with van der Waals surface area (Å²) in [5.41, 5.74) is 1.36. The molecule has 0 saturated carbocycles. The number of hydrogen-bond acceptors (Lipinski definition) is 5. The Morgan fingerprint density at radius 3 is 2.96 bits per heavy atom. The number of nitrogens with zero attached hydrogens (tertiary/aromatic N) is 3. The van der Waals surface area contributed by atoms with Gasteiger partial charge in [0.05, 0.1) is 12.6 Å². The number of aromatic nitrogens is 1. The smallest absolute Gasteiger partial charge is 0.410 e. The number of rotatable bonds is 4. The Morgan fingerprint density at radius 1 is 1.38 bits per heavy atom. The first-order valence-electron chi connectivity index (χ1n) is 8.44. The van der Waals surface area contributed by atoms with Gasteiger partial charge in [-0.05, 0) is 31.0 Å². The fraction of sp³-hybridized carbons (Fsp3) is 0.389. The van der Waals surface area contributed by atoms with Crippen LogP contribution in [0.2, 0.25) is 5.02 Å². The maximum Gasteiger partial charge on any atom is 0.410 e. The molecule has 0 unspecified atom stereocenters. The lowest BCUT2D eigenvalue weighted by molar-refractivity contribution is 0.0722. The monoisotopic (exact) mass is 375 g/mol. The Hall–Kier alpha value is -2.54. The molecule has 0 N–H and O–H groups in total. The summed E-state index contributed by atoms with van der Waals surface area (Å²) in [6.45, 7) is 3.02. The van der Waals surface area contributed by atoms with Gasteiger partial charge >= 0.3 is 6.09 Å². The molecule has 4 rings (SSSR count). The number of carbonyl (C=O) groups excluding carboxylic acids is 2. The van der Waals surface area contributed by atoms with Crippen molar-refractivity contribution in [1.82, 2.24) is 14.8 Å². The van der Waals surface area contributed by atoms with Gasteiger partial charge in [-0.3, -0.25) is 9.69 Å². The van der Waals surface area contributed by atoms with Gasteiger partial charge in [0, 0.05) is 18.1 Å². The highest BCUT2D eigenvalue weighted by Gasteiger charge is 2.49. The second-order valence-electron chi connectivity index (χ2n) is 6.53. The summed E-state index contributed by atoms with van der Waals surface area (Å²) >= 11 is 6.01. The molecule has 0 radical (unpaired) electrons. The first-order valence-corrected chi connectivity index (χ1v) is 8.82. The van der Waals surface area contributed by atoms with Gasteiger partial charge in [-0.2, -0.15) is 0 Å². The minimum absolute atomic E-state index is 0.141. The van der Waals surface area contributed by atoms with Crippen LogP contribution in [-0.4, -0.2) is 58.6 Å². The zero-order chi connectivity index (χ0) is 18.3. The molecule has 0 bridgehead atoms. The second kappa shape index (κ2) is 6.64. The average Bonchev–Trinajstić information content (AvgIpc) is 3.27. The molecule has 7 nitrogen and oxygen atoms in total. The quantitative estimate of drug-likeness (QED) is 0.820. The third-order valence-electron chi connectivity index (χ3n) is 4.89. The van der Waals surface area contributed by atoms with Gasteiger partial charge in [-0.1, -0.05) is 23.7 Å². The highest BCUT2D eigenvalue weighted by atomic mass is 35.5.